The summed E-state index contributed by atoms with van der Waals surface area (Å²) in [7, 11) is 1.98. The van der Waals surface area contributed by atoms with Gasteiger partial charge < -0.3 is 9.47 Å². The standard InChI is InChI=1S/C15H18N8OS/c1-21-13(6-23-9-16-8-18-23)19-20-14(21)11-2-4-22(5-3-11)15(24)12-7-25-10-17-12/h7-11H,2-6H2,1H3. The molecule has 4 rings (SSSR count). The van der Waals surface area contributed by atoms with Gasteiger partial charge in [-0.25, -0.2) is 14.6 Å². The second-order valence-electron chi connectivity index (χ2n) is 6.07. The van der Waals surface area contributed by atoms with Crippen molar-refractivity contribution in [3.8, 4) is 0 Å². The summed E-state index contributed by atoms with van der Waals surface area (Å²) in [6.45, 7) is 1.98. The Morgan fingerprint density at radius 3 is 2.84 bits per heavy atom. The Labute approximate surface area is 148 Å². The minimum Gasteiger partial charge on any atom is -0.337 e. The topological polar surface area (TPSA) is 94.6 Å². The minimum absolute atomic E-state index is 0.0181. The number of amides is 1. The van der Waals surface area contributed by atoms with Gasteiger partial charge in [0.2, 0.25) is 0 Å². The van der Waals surface area contributed by atoms with Gasteiger partial charge in [-0.3, -0.25) is 4.79 Å². The Morgan fingerprint density at radius 2 is 2.16 bits per heavy atom. The van der Waals surface area contributed by atoms with Crippen molar-refractivity contribution in [2.75, 3.05) is 13.1 Å². The Morgan fingerprint density at radius 1 is 1.32 bits per heavy atom. The Balaban J connectivity index is 1.41. The summed E-state index contributed by atoms with van der Waals surface area (Å²) in [5.41, 5.74) is 2.23. The fourth-order valence-electron chi connectivity index (χ4n) is 3.15. The van der Waals surface area contributed by atoms with Crippen molar-refractivity contribution in [2.45, 2.75) is 25.3 Å². The lowest BCUT2D eigenvalue weighted by Gasteiger charge is -2.31. The van der Waals surface area contributed by atoms with E-state index in [0.29, 0.717) is 31.2 Å². The summed E-state index contributed by atoms with van der Waals surface area (Å²) in [4.78, 5) is 22.3. The van der Waals surface area contributed by atoms with E-state index in [2.05, 4.69) is 25.3 Å². The molecule has 1 aliphatic heterocycles. The molecule has 0 N–H and O–H groups in total. The van der Waals surface area contributed by atoms with E-state index >= 15 is 0 Å². The third-order valence-corrected chi connectivity index (χ3v) is 5.15. The number of hydrogen-bond acceptors (Lipinski definition) is 7. The number of likely N-dealkylation sites (tertiary alicyclic amines) is 1. The lowest BCUT2D eigenvalue weighted by molar-refractivity contribution is 0.0705. The number of rotatable bonds is 4. The normalized spacial score (nSPS) is 15.6. The number of carbonyl (C=O) groups is 1. The number of carbonyl (C=O) groups excluding carboxylic acids is 1. The van der Waals surface area contributed by atoms with Crippen LogP contribution in [0.1, 0.15) is 40.9 Å². The summed E-state index contributed by atoms with van der Waals surface area (Å²) in [6, 6.07) is 0. The zero-order valence-electron chi connectivity index (χ0n) is 13.8. The molecule has 3 aromatic rings. The monoisotopic (exact) mass is 358 g/mol. The quantitative estimate of drug-likeness (QED) is 0.689. The molecule has 3 aromatic heterocycles. The highest BCUT2D eigenvalue weighted by molar-refractivity contribution is 7.07. The molecular weight excluding hydrogens is 340 g/mol. The summed E-state index contributed by atoms with van der Waals surface area (Å²) >= 11 is 1.44. The molecule has 0 aromatic carbocycles. The molecule has 0 unspecified atom stereocenters. The molecule has 0 radical (unpaired) electrons. The van der Waals surface area contributed by atoms with Crippen molar-refractivity contribution < 1.29 is 4.79 Å². The lowest BCUT2D eigenvalue weighted by Crippen LogP contribution is -2.38. The molecule has 9 nitrogen and oxygen atoms in total. The maximum absolute atomic E-state index is 12.4. The molecule has 10 heteroatoms. The summed E-state index contributed by atoms with van der Waals surface area (Å²) in [5.74, 6) is 2.14. The molecule has 4 heterocycles. The van der Waals surface area contributed by atoms with E-state index in [0.717, 1.165) is 24.5 Å². The molecule has 25 heavy (non-hydrogen) atoms. The van der Waals surface area contributed by atoms with Crippen LogP contribution in [0.2, 0.25) is 0 Å². The van der Waals surface area contributed by atoms with Crippen LogP contribution < -0.4 is 0 Å². The molecule has 1 aliphatic rings. The van der Waals surface area contributed by atoms with Crippen LogP contribution >= 0.6 is 11.3 Å². The molecule has 1 saturated heterocycles. The van der Waals surface area contributed by atoms with Crippen LogP contribution in [-0.2, 0) is 13.6 Å². The molecule has 0 aliphatic carbocycles. The molecule has 0 bridgehead atoms. The van der Waals surface area contributed by atoms with E-state index in [9.17, 15) is 4.79 Å². The smallest absolute Gasteiger partial charge is 0.273 e. The third-order valence-electron chi connectivity index (χ3n) is 4.57. The average molecular weight is 358 g/mol. The summed E-state index contributed by atoms with van der Waals surface area (Å²) in [6.07, 6.45) is 4.93. The minimum atomic E-state index is 0.0181. The van der Waals surface area contributed by atoms with Crippen molar-refractivity contribution >= 4 is 17.2 Å². The molecule has 0 spiro atoms. The Kier molecular flexibility index (Phi) is 4.26. The fraction of sp³-hybridized carbons (Fsp3) is 0.467. The predicted octanol–water partition coefficient (Wildman–Crippen LogP) is 0.931. The van der Waals surface area contributed by atoms with E-state index in [4.69, 9.17) is 0 Å². The third kappa shape index (κ3) is 3.16. The first-order valence-corrected chi connectivity index (χ1v) is 9.04. The van der Waals surface area contributed by atoms with Crippen molar-refractivity contribution in [3.63, 3.8) is 0 Å². The van der Waals surface area contributed by atoms with Gasteiger partial charge in [0.05, 0.1) is 5.51 Å². The van der Waals surface area contributed by atoms with Crippen molar-refractivity contribution in [2.24, 2.45) is 7.05 Å². The van der Waals surface area contributed by atoms with E-state index in [-0.39, 0.29) is 5.91 Å². The number of nitrogens with zero attached hydrogens (tertiary/aromatic N) is 8. The van der Waals surface area contributed by atoms with Crippen LogP contribution in [0.3, 0.4) is 0 Å². The number of thiazole rings is 1. The number of piperidine rings is 1. The molecule has 1 amide bonds. The van der Waals surface area contributed by atoms with Crippen LogP contribution in [-0.4, -0.2) is 58.4 Å². The van der Waals surface area contributed by atoms with Crippen LogP contribution in [0.4, 0.5) is 0 Å². The molecule has 130 valence electrons. The highest BCUT2D eigenvalue weighted by atomic mass is 32.1. The van der Waals surface area contributed by atoms with E-state index < -0.39 is 0 Å². The van der Waals surface area contributed by atoms with Gasteiger partial charge in [0.15, 0.2) is 5.82 Å². The zero-order chi connectivity index (χ0) is 17.2. The van der Waals surface area contributed by atoms with E-state index in [1.54, 1.807) is 21.9 Å². The van der Waals surface area contributed by atoms with Gasteiger partial charge in [-0.15, -0.1) is 21.5 Å². The van der Waals surface area contributed by atoms with Gasteiger partial charge in [-0.1, -0.05) is 0 Å². The van der Waals surface area contributed by atoms with Crippen LogP contribution in [0.5, 0.6) is 0 Å². The van der Waals surface area contributed by atoms with Gasteiger partial charge in [0.1, 0.15) is 30.7 Å². The van der Waals surface area contributed by atoms with Crippen molar-refractivity contribution in [1.29, 1.82) is 0 Å². The summed E-state index contributed by atoms with van der Waals surface area (Å²) < 4.78 is 3.76. The SMILES string of the molecule is Cn1c(Cn2cncn2)nnc1C1CCN(C(=O)c2cscn2)CC1. The first-order valence-electron chi connectivity index (χ1n) is 8.10. The molecule has 1 fully saturated rings. The molecular formula is C15H18N8OS. The van der Waals surface area contributed by atoms with E-state index in [1.165, 1.54) is 17.7 Å². The number of aromatic nitrogens is 7. The maximum atomic E-state index is 12.4. The zero-order valence-corrected chi connectivity index (χ0v) is 14.6. The first-order chi connectivity index (χ1) is 12.2. The Bertz CT molecular complexity index is 833. The summed E-state index contributed by atoms with van der Waals surface area (Å²) in [5, 5.41) is 14.6. The van der Waals surface area contributed by atoms with Gasteiger partial charge in [0.25, 0.3) is 5.91 Å². The van der Waals surface area contributed by atoms with Crippen molar-refractivity contribution in [3.05, 3.63) is 40.9 Å². The molecule has 0 saturated carbocycles. The first kappa shape index (κ1) is 15.9. The fourth-order valence-corrected chi connectivity index (χ4v) is 3.67. The number of hydrogen-bond donors (Lipinski definition) is 0. The average Bonchev–Trinajstić information content (AvgIpc) is 3.39. The predicted molar refractivity (Wildman–Crippen MR) is 90.1 cm³/mol. The maximum Gasteiger partial charge on any atom is 0.273 e. The lowest BCUT2D eigenvalue weighted by atomic mass is 9.95. The van der Waals surface area contributed by atoms with Crippen LogP contribution in [0, 0.1) is 0 Å². The van der Waals surface area contributed by atoms with Gasteiger partial charge >= 0.3 is 0 Å². The van der Waals surface area contributed by atoms with Crippen LogP contribution in [0.15, 0.2) is 23.5 Å². The van der Waals surface area contributed by atoms with Crippen LogP contribution in [0.25, 0.3) is 0 Å². The van der Waals surface area contributed by atoms with E-state index in [1.807, 2.05) is 16.5 Å². The van der Waals surface area contributed by atoms with Gasteiger partial charge in [0, 0.05) is 31.4 Å². The highest BCUT2D eigenvalue weighted by Crippen LogP contribution is 2.27. The molecule has 0 atom stereocenters. The Hall–Kier alpha value is -2.62. The second-order valence-corrected chi connectivity index (χ2v) is 6.79. The highest BCUT2D eigenvalue weighted by Gasteiger charge is 2.28. The second kappa shape index (κ2) is 6.71. The van der Waals surface area contributed by atoms with Crippen molar-refractivity contribution in [1.82, 2.24) is 39.4 Å². The van der Waals surface area contributed by atoms with Gasteiger partial charge in [-0.2, -0.15) is 5.10 Å². The largest absolute Gasteiger partial charge is 0.337 e. The van der Waals surface area contributed by atoms with Gasteiger partial charge in [-0.05, 0) is 12.8 Å².